The van der Waals surface area contributed by atoms with E-state index in [4.69, 9.17) is 19.8 Å². The summed E-state index contributed by atoms with van der Waals surface area (Å²) in [4.78, 5) is 11.2. The molecule has 0 aliphatic rings. The molecule has 5 nitrogen and oxygen atoms in total. The Bertz CT molecular complexity index is 732. The predicted molar refractivity (Wildman–Crippen MR) is 62.1 cm³/mol. The van der Waals surface area contributed by atoms with Crippen LogP contribution < -0.4 is 10.2 Å². The van der Waals surface area contributed by atoms with Crippen molar-refractivity contribution in [3.63, 3.8) is 0 Å². The van der Waals surface area contributed by atoms with Gasteiger partial charge in [-0.05, 0) is 12.1 Å². The van der Waals surface area contributed by atoms with Crippen LogP contribution in [0.3, 0.4) is 0 Å². The van der Waals surface area contributed by atoms with E-state index in [-0.39, 0.29) is 27.0 Å². The Morgan fingerprint density at radius 1 is 1.29 bits per heavy atom. The minimum Gasteiger partial charge on any atom is -0.495 e. The number of fused-ring (bicyclic) bond motifs is 1. The topological polar surface area (TPSA) is 73.6 Å². The molecular weight excluding hydrogens is 268 g/mol. The van der Waals surface area contributed by atoms with E-state index in [9.17, 15) is 13.2 Å². The Kier molecular flexibility index (Phi) is 2.84. The Labute approximate surface area is 101 Å². The zero-order valence-corrected chi connectivity index (χ0v) is 10.2. The van der Waals surface area contributed by atoms with E-state index >= 15 is 0 Å². The van der Waals surface area contributed by atoms with Crippen molar-refractivity contribution in [2.75, 3.05) is 7.11 Å². The lowest BCUT2D eigenvalue weighted by atomic mass is 10.2. The molecular formula is C10H7ClO5S. The smallest absolute Gasteiger partial charge is 0.268 e. The van der Waals surface area contributed by atoms with Crippen molar-refractivity contribution in [2.24, 2.45) is 0 Å². The number of hydrogen-bond acceptors (Lipinski definition) is 5. The highest BCUT2D eigenvalue weighted by Crippen LogP contribution is 2.32. The second-order valence-electron chi connectivity index (χ2n) is 3.20. The van der Waals surface area contributed by atoms with Gasteiger partial charge in [-0.1, -0.05) is 0 Å². The highest BCUT2D eigenvalue weighted by Gasteiger charge is 2.23. The Morgan fingerprint density at radius 2 is 2.00 bits per heavy atom. The van der Waals surface area contributed by atoms with Crippen LogP contribution in [0, 0.1) is 0 Å². The Morgan fingerprint density at radius 3 is 2.59 bits per heavy atom. The third-order valence-corrected chi connectivity index (χ3v) is 3.55. The summed E-state index contributed by atoms with van der Waals surface area (Å²) < 4.78 is 32.9. The summed E-state index contributed by atoms with van der Waals surface area (Å²) in [5.41, 5.74) is -0.456. The summed E-state index contributed by atoms with van der Waals surface area (Å²) in [6.45, 7) is 0. The molecule has 0 unspecified atom stereocenters. The third kappa shape index (κ3) is 2.01. The van der Waals surface area contributed by atoms with Crippen molar-refractivity contribution >= 4 is 30.7 Å². The molecule has 2 rings (SSSR count). The molecule has 90 valence electrons. The van der Waals surface area contributed by atoms with Crippen molar-refractivity contribution in [2.45, 2.75) is 4.90 Å². The number of hydrogen-bond donors (Lipinski definition) is 0. The van der Waals surface area contributed by atoms with Gasteiger partial charge in [-0.25, -0.2) is 8.42 Å². The van der Waals surface area contributed by atoms with Crippen molar-refractivity contribution in [1.29, 1.82) is 0 Å². The number of halogens is 1. The van der Waals surface area contributed by atoms with Crippen LogP contribution in [0.4, 0.5) is 0 Å². The standard InChI is InChI=1S/C10H7ClO5S/c1-15-8-3-2-6-7(12)4-5-16-9(6)10(8)17(11,13)14/h2-5H,1H3. The first-order chi connectivity index (χ1) is 7.95. The first kappa shape index (κ1) is 11.9. The summed E-state index contributed by atoms with van der Waals surface area (Å²) >= 11 is 0. The van der Waals surface area contributed by atoms with Crippen LogP contribution in [0.25, 0.3) is 11.0 Å². The van der Waals surface area contributed by atoms with Crippen molar-refractivity contribution in [3.05, 3.63) is 34.7 Å². The van der Waals surface area contributed by atoms with Crippen molar-refractivity contribution < 1.29 is 17.6 Å². The summed E-state index contributed by atoms with van der Waals surface area (Å²) in [5, 5.41) is 0.132. The second-order valence-corrected chi connectivity index (χ2v) is 5.70. The number of ether oxygens (including phenoxy) is 1. The molecule has 0 saturated carbocycles. The van der Waals surface area contributed by atoms with E-state index in [0.717, 1.165) is 6.26 Å². The SMILES string of the molecule is COc1ccc2c(=O)ccoc2c1S(=O)(=O)Cl. The largest absolute Gasteiger partial charge is 0.495 e. The maximum Gasteiger partial charge on any atom is 0.268 e. The molecule has 0 bridgehead atoms. The van der Waals surface area contributed by atoms with E-state index < -0.39 is 9.05 Å². The van der Waals surface area contributed by atoms with Gasteiger partial charge in [-0.2, -0.15) is 0 Å². The van der Waals surface area contributed by atoms with E-state index in [1.165, 1.54) is 25.3 Å². The quantitative estimate of drug-likeness (QED) is 0.780. The van der Waals surface area contributed by atoms with Gasteiger partial charge in [-0.15, -0.1) is 0 Å². The van der Waals surface area contributed by atoms with E-state index in [2.05, 4.69) is 0 Å². The van der Waals surface area contributed by atoms with Gasteiger partial charge in [-0.3, -0.25) is 4.79 Å². The molecule has 0 saturated heterocycles. The van der Waals surface area contributed by atoms with Gasteiger partial charge in [0.25, 0.3) is 9.05 Å². The fraction of sp³-hybridized carbons (Fsp3) is 0.100. The summed E-state index contributed by atoms with van der Waals surface area (Å²) in [7, 11) is 2.53. The van der Waals surface area contributed by atoms with Crippen LogP contribution >= 0.6 is 10.7 Å². The maximum atomic E-state index is 11.5. The van der Waals surface area contributed by atoms with E-state index in [1.54, 1.807) is 0 Å². The van der Waals surface area contributed by atoms with Gasteiger partial charge in [0.05, 0.1) is 18.8 Å². The third-order valence-electron chi connectivity index (χ3n) is 2.21. The number of methoxy groups -OCH3 is 1. The fourth-order valence-corrected chi connectivity index (χ4v) is 2.71. The minimum atomic E-state index is -4.07. The number of benzene rings is 1. The maximum absolute atomic E-state index is 11.5. The van der Waals surface area contributed by atoms with Gasteiger partial charge in [0.15, 0.2) is 15.9 Å². The molecule has 0 fully saturated rings. The molecule has 1 aromatic heterocycles. The average molecular weight is 275 g/mol. The monoisotopic (exact) mass is 274 g/mol. The molecule has 0 aliphatic heterocycles. The predicted octanol–water partition coefficient (Wildman–Crippen LogP) is 1.73. The summed E-state index contributed by atoms with van der Waals surface area (Å²) in [6, 6.07) is 3.97. The first-order valence-corrected chi connectivity index (χ1v) is 6.79. The summed E-state index contributed by atoms with van der Waals surface area (Å²) in [5.74, 6) is 0.0295. The molecule has 2 aromatic rings. The van der Waals surface area contributed by atoms with Crippen LogP contribution in [0.1, 0.15) is 0 Å². The highest BCUT2D eigenvalue weighted by molar-refractivity contribution is 8.14. The lowest BCUT2D eigenvalue weighted by molar-refractivity contribution is 0.402. The molecule has 0 spiro atoms. The van der Waals surface area contributed by atoms with Crippen LogP contribution in [0.5, 0.6) is 5.75 Å². The van der Waals surface area contributed by atoms with Crippen LogP contribution in [-0.4, -0.2) is 15.5 Å². The molecule has 0 atom stereocenters. The first-order valence-electron chi connectivity index (χ1n) is 4.48. The van der Waals surface area contributed by atoms with Gasteiger partial charge < -0.3 is 9.15 Å². The summed E-state index contributed by atoms with van der Waals surface area (Å²) in [6.07, 6.45) is 1.11. The molecule has 0 aliphatic carbocycles. The second kappa shape index (κ2) is 4.05. The molecule has 0 amide bonds. The fourth-order valence-electron chi connectivity index (χ4n) is 1.50. The van der Waals surface area contributed by atoms with Crippen molar-refractivity contribution in [3.8, 4) is 5.75 Å². The zero-order valence-electron chi connectivity index (χ0n) is 8.64. The van der Waals surface area contributed by atoms with Gasteiger partial charge in [0, 0.05) is 16.7 Å². The molecule has 0 radical (unpaired) electrons. The normalized spacial score (nSPS) is 11.6. The average Bonchev–Trinajstić information content (AvgIpc) is 2.26. The van der Waals surface area contributed by atoms with Gasteiger partial charge in [0.2, 0.25) is 0 Å². The Hall–Kier alpha value is -1.53. The molecule has 1 heterocycles. The van der Waals surface area contributed by atoms with E-state index in [1.807, 2.05) is 0 Å². The zero-order chi connectivity index (χ0) is 12.6. The van der Waals surface area contributed by atoms with E-state index in [0.29, 0.717) is 0 Å². The van der Waals surface area contributed by atoms with Gasteiger partial charge >= 0.3 is 0 Å². The van der Waals surface area contributed by atoms with Crippen LogP contribution in [-0.2, 0) is 9.05 Å². The number of rotatable bonds is 2. The lowest BCUT2D eigenvalue weighted by Crippen LogP contribution is -2.03. The van der Waals surface area contributed by atoms with Crippen molar-refractivity contribution in [1.82, 2.24) is 0 Å². The Balaban J connectivity index is 3.05. The highest BCUT2D eigenvalue weighted by atomic mass is 35.7. The lowest BCUT2D eigenvalue weighted by Gasteiger charge is -2.07. The molecule has 0 N–H and O–H groups in total. The van der Waals surface area contributed by atoms with Gasteiger partial charge in [0.1, 0.15) is 5.75 Å². The van der Waals surface area contributed by atoms with Crippen LogP contribution in [0.15, 0.2) is 38.6 Å². The minimum absolute atomic E-state index is 0.0295. The molecule has 7 heteroatoms. The molecule has 1 aromatic carbocycles. The van der Waals surface area contributed by atoms with Crippen LogP contribution in [0.2, 0.25) is 0 Å². The molecule has 17 heavy (non-hydrogen) atoms.